The second-order valence-corrected chi connectivity index (χ2v) is 9.98. The molecule has 0 amide bonds. The number of fused-ring (bicyclic) bond motifs is 6. The van der Waals surface area contributed by atoms with E-state index in [2.05, 4.69) is 103 Å². The van der Waals surface area contributed by atoms with Crippen molar-refractivity contribution in [3.05, 3.63) is 113 Å². The third-order valence-electron chi connectivity index (χ3n) is 7.27. The molecule has 0 saturated carbocycles. The molecule has 1 aliphatic carbocycles. The lowest BCUT2D eigenvalue weighted by Gasteiger charge is -2.20. The van der Waals surface area contributed by atoms with Gasteiger partial charge in [0.25, 0.3) is 0 Å². The largest absolute Gasteiger partial charge is 0.309 e. The van der Waals surface area contributed by atoms with Crippen molar-refractivity contribution >= 4 is 33.4 Å². The number of aromatic nitrogens is 3. The van der Waals surface area contributed by atoms with Crippen molar-refractivity contribution < 1.29 is 0 Å². The molecule has 2 heterocycles. The second kappa shape index (κ2) is 7.27. The van der Waals surface area contributed by atoms with Crippen LogP contribution in [-0.4, -0.2) is 14.5 Å². The highest BCUT2D eigenvalue weighted by molar-refractivity contribution is 6.33. The Balaban J connectivity index is 1.55. The summed E-state index contributed by atoms with van der Waals surface area (Å²) in [4.78, 5) is 10.1. The molecule has 0 N–H and O–H groups in total. The van der Waals surface area contributed by atoms with Gasteiger partial charge in [0, 0.05) is 33.0 Å². The molecule has 0 radical (unpaired) electrons. The number of para-hydroxylation sites is 2. The summed E-state index contributed by atoms with van der Waals surface area (Å²) in [6, 6.07) is 33.8. The van der Waals surface area contributed by atoms with Gasteiger partial charge < -0.3 is 4.57 Å². The number of rotatable bonds is 2. The van der Waals surface area contributed by atoms with Gasteiger partial charge in [0.15, 0.2) is 5.15 Å². The highest BCUT2D eigenvalue weighted by Crippen LogP contribution is 2.49. The minimum atomic E-state index is -0.246. The van der Waals surface area contributed by atoms with E-state index < -0.39 is 0 Å². The van der Waals surface area contributed by atoms with Crippen LogP contribution in [0.15, 0.2) is 97.1 Å². The maximum Gasteiger partial charge on any atom is 0.156 e. The molecule has 2 aromatic heterocycles. The van der Waals surface area contributed by atoms with Crippen LogP contribution in [0, 0.1) is 0 Å². The molecule has 0 unspecified atom stereocenters. The van der Waals surface area contributed by atoms with Crippen molar-refractivity contribution in [1.82, 2.24) is 14.5 Å². The average Bonchev–Trinajstić information content (AvgIpc) is 3.34. The van der Waals surface area contributed by atoms with E-state index in [1.807, 2.05) is 12.1 Å². The van der Waals surface area contributed by atoms with E-state index in [0.717, 1.165) is 50.3 Å². The topological polar surface area (TPSA) is 30.7 Å². The molecule has 7 rings (SSSR count). The third-order valence-corrected chi connectivity index (χ3v) is 7.53. The standard InChI is InChI=1S/C31H22ClN3/c1-31(2)23-16-8-6-13-20(23)27-29(31)33-28(30(32)34-27)22-15-10-18-25-26(22)21-14-7-9-17-24(21)35(25)19-11-4-3-5-12-19/h3-18H,1-2H3. The summed E-state index contributed by atoms with van der Waals surface area (Å²) < 4.78 is 2.31. The SMILES string of the molecule is CC1(C)c2ccccc2-c2nc(Cl)c(-c3cccc4c3c3ccccc3n4-c3ccccc3)nc21. The first kappa shape index (κ1) is 20.4. The molecule has 168 valence electrons. The Bertz CT molecular complexity index is 1780. The maximum absolute atomic E-state index is 6.90. The molecular formula is C31H22ClN3. The van der Waals surface area contributed by atoms with E-state index in [-0.39, 0.29) is 5.41 Å². The predicted molar refractivity (Wildman–Crippen MR) is 144 cm³/mol. The lowest BCUT2D eigenvalue weighted by molar-refractivity contribution is 0.636. The Kier molecular flexibility index (Phi) is 4.24. The van der Waals surface area contributed by atoms with Gasteiger partial charge in [-0.05, 0) is 29.8 Å². The maximum atomic E-state index is 6.90. The summed E-state index contributed by atoms with van der Waals surface area (Å²) in [7, 11) is 0. The van der Waals surface area contributed by atoms with Crippen LogP contribution in [0.1, 0.15) is 25.1 Å². The Hall–Kier alpha value is -3.95. The Morgan fingerprint density at radius 1 is 0.657 bits per heavy atom. The van der Waals surface area contributed by atoms with Gasteiger partial charge in [-0.2, -0.15) is 0 Å². The number of benzene rings is 4. The lowest BCUT2D eigenvalue weighted by Crippen LogP contribution is -2.17. The highest BCUT2D eigenvalue weighted by atomic mass is 35.5. The van der Waals surface area contributed by atoms with Gasteiger partial charge in [0.2, 0.25) is 0 Å². The Morgan fingerprint density at radius 2 is 1.34 bits per heavy atom. The molecule has 1 aliphatic rings. The molecule has 4 aromatic carbocycles. The average molecular weight is 472 g/mol. The normalized spacial score (nSPS) is 13.8. The van der Waals surface area contributed by atoms with Crippen LogP contribution in [0.5, 0.6) is 0 Å². The molecule has 4 heteroatoms. The molecule has 6 aromatic rings. The van der Waals surface area contributed by atoms with Gasteiger partial charge in [-0.15, -0.1) is 0 Å². The van der Waals surface area contributed by atoms with Crippen LogP contribution in [0.2, 0.25) is 5.15 Å². The Morgan fingerprint density at radius 3 is 2.20 bits per heavy atom. The first-order valence-corrected chi connectivity index (χ1v) is 12.2. The molecule has 0 bridgehead atoms. The highest BCUT2D eigenvalue weighted by Gasteiger charge is 2.39. The van der Waals surface area contributed by atoms with Crippen molar-refractivity contribution in [3.8, 4) is 28.2 Å². The molecule has 0 atom stereocenters. The molecule has 0 saturated heterocycles. The fourth-order valence-electron chi connectivity index (χ4n) is 5.64. The van der Waals surface area contributed by atoms with E-state index in [4.69, 9.17) is 21.6 Å². The molecular weight excluding hydrogens is 450 g/mol. The Labute approximate surface area is 208 Å². The summed E-state index contributed by atoms with van der Waals surface area (Å²) in [5.74, 6) is 0. The first-order chi connectivity index (χ1) is 17.1. The number of hydrogen-bond donors (Lipinski definition) is 0. The first-order valence-electron chi connectivity index (χ1n) is 11.8. The number of hydrogen-bond acceptors (Lipinski definition) is 2. The smallest absolute Gasteiger partial charge is 0.156 e. The predicted octanol–water partition coefficient (Wildman–Crippen LogP) is 8.20. The second-order valence-electron chi connectivity index (χ2n) is 9.62. The van der Waals surface area contributed by atoms with E-state index in [9.17, 15) is 0 Å². The van der Waals surface area contributed by atoms with E-state index >= 15 is 0 Å². The monoisotopic (exact) mass is 471 g/mol. The summed E-state index contributed by atoms with van der Waals surface area (Å²) in [6.07, 6.45) is 0. The lowest BCUT2D eigenvalue weighted by atomic mass is 9.85. The van der Waals surface area contributed by atoms with Crippen molar-refractivity contribution in [1.29, 1.82) is 0 Å². The van der Waals surface area contributed by atoms with Crippen LogP contribution in [0.4, 0.5) is 0 Å². The van der Waals surface area contributed by atoms with Gasteiger partial charge in [0.1, 0.15) is 5.69 Å². The van der Waals surface area contributed by atoms with E-state index in [1.165, 1.54) is 10.9 Å². The fourth-order valence-corrected chi connectivity index (χ4v) is 5.87. The quantitative estimate of drug-likeness (QED) is 0.255. The van der Waals surface area contributed by atoms with Crippen LogP contribution in [0.25, 0.3) is 50.0 Å². The molecule has 3 nitrogen and oxygen atoms in total. The van der Waals surface area contributed by atoms with E-state index in [1.54, 1.807) is 0 Å². The molecule has 0 spiro atoms. The molecule has 0 aliphatic heterocycles. The van der Waals surface area contributed by atoms with E-state index in [0.29, 0.717) is 5.15 Å². The van der Waals surface area contributed by atoms with Crippen LogP contribution in [0.3, 0.4) is 0 Å². The summed E-state index contributed by atoms with van der Waals surface area (Å²) in [6.45, 7) is 4.43. The minimum Gasteiger partial charge on any atom is -0.309 e. The zero-order valence-corrected chi connectivity index (χ0v) is 20.2. The third kappa shape index (κ3) is 2.79. The van der Waals surface area contributed by atoms with Crippen LogP contribution >= 0.6 is 11.6 Å². The van der Waals surface area contributed by atoms with Crippen LogP contribution < -0.4 is 0 Å². The van der Waals surface area contributed by atoms with Gasteiger partial charge in [0.05, 0.1) is 22.4 Å². The number of nitrogens with zero attached hydrogens (tertiary/aromatic N) is 3. The number of halogens is 1. The fraction of sp³-hybridized carbons (Fsp3) is 0.0968. The van der Waals surface area contributed by atoms with Crippen LogP contribution in [-0.2, 0) is 5.41 Å². The van der Waals surface area contributed by atoms with Crippen molar-refractivity contribution in [2.24, 2.45) is 0 Å². The van der Waals surface area contributed by atoms with Crippen molar-refractivity contribution in [3.63, 3.8) is 0 Å². The molecule has 0 fully saturated rings. The zero-order valence-electron chi connectivity index (χ0n) is 19.5. The zero-order chi connectivity index (χ0) is 23.7. The summed E-state index contributed by atoms with van der Waals surface area (Å²) in [5.41, 5.74) is 9.10. The van der Waals surface area contributed by atoms with Crippen molar-refractivity contribution in [2.75, 3.05) is 0 Å². The molecule has 35 heavy (non-hydrogen) atoms. The van der Waals surface area contributed by atoms with Gasteiger partial charge in [-0.3, -0.25) is 0 Å². The summed E-state index contributed by atoms with van der Waals surface area (Å²) in [5, 5.41) is 2.74. The van der Waals surface area contributed by atoms with Gasteiger partial charge in [-0.1, -0.05) is 98.2 Å². The van der Waals surface area contributed by atoms with Gasteiger partial charge in [-0.25, -0.2) is 9.97 Å². The summed E-state index contributed by atoms with van der Waals surface area (Å²) >= 11 is 6.90. The van der Waals surface area contributed by atoms with Gasteiger partial charge >= 0.3 is 0 Å². The minimum absolute atomic E-state index is 0.246. The van der Waals surface area contributed by atoms with Crippen molar-refractivity contribution in [2.45, 2.75) is 19.3 Å².